The number of hydrogen-bond donors (Lipinski definition) is 0. The topological polar surface area (TPSA) is 13.1 Å². The fraction of sp³-hybridized carbons (Fsp3) is 0.0909. The van der Waals surface area contributed by atoms with Gasteiger partial charge in [0.15, 0.2) is 0 Å². The van der Waals surface area contributed by atoms with E-state index in [-0.39, 0.29) is 5.82 Å². The molecule has 13 heavy (non-hydrogen) atoms. The van der Waals surface area contributed by atoms with E-state index in [0.717, 1.165) is 10.6 Å². The summed E-state index contributed by atoms with van der Waals surface area (Å²) in [6.45, 7) is 5.69. The summed E-state index contributed by atoms with van der Waals surface area (Å²) in [6, 6.07) is 4.44. The van der Waals surface area contributed by atoms with Crippen molar-refractivity contribution in [3.8, 4) is 0 Å². The molecule has 0 aliphatic carbocycles. The minimum atomic E-state index is -0.263. The molecule has 0 bridgehead atoms. The molecule has 0 fully saturated rings. The van der Waals surface area contributed by atoms with E-state index < -0.39 is 0 Å². The van der Waals surface area contributed by atoms with Gasteiger partial charge in [0.05, 0.1) is 0 Å². The van der Waals surface area contributed by atoms with E-state index in [2.05, 4.69) is 6.58 Å². The van der Waals surface area contributed by atoms with Gasteiger partial charge in [-0.1, -0.05) is 6.58 Å². The van der Waals surface area contributed by atoms with Crippen LogP contribution in [0.15, 0.2) is 22.6 Å². The van der Waals surface area contributed by atoms with Gasteiger partial charge < -0.3 is 4.42 Å². The van der Waals surface area contributed by atoms with Gasteiger partial charge in [-0.2, -0.15) is 0 Å². The summed E-state index contributed by atoms with van der Waals surface area (Å²) < 4.78 is 18.3. The molecule has 0 saturated heterocycles. The van der Waals surface area contributed by atoms with Crippen molar-refractivity contribution >= 4 is 23.6 Å². The highest BCUT2D eigenvalue weighted by Crippen LogP contribution is 2.09. The Bertz CT molecular complexity index is 551. The Kier molecular flexibility index (Phi) is 1.69. The van der Waals surface area contributed by atoms with Crippen LogP contribution in [0.3, 0.4) is 0 Å². The second-order valence-corrected chi connectivity index (χ2v) is 2.87. The standard InChI is InChI=1S/C11H9FO/c1-3-10-7(2)9-6-8(12)4-5-11(9)13-10/h3-6H,2H2,1H3/b10-3-. The zero-order valence-corrected chi connectivity index (χ0v) is 7.30. The summed E-state index contributed by atoms with van der Waals surface area (Å²) in [5.74, 6) is -0.263. The van der Waals surface area contributed by atoms with Gasteiger partial charge in [0.25, 0.3) is 0 Å². The molecule has 1 heterocycles. The summed E-state index contributed by atoms with van der Waals surface area (Å²) in [4.78, 5) is 0. The van der Waals surface area contributed by atoms with Crippen LogP contribution in [0.1, 0.15) is 6.92 Å². The molecule has 0 aliphatic heterocycles. The van der Waals surface area contributed by atoms with Gasteiger partial charge in [0.1, 0.15) is 16.8 Å². The van der Waals surface area contributed by atoms with E-state index in [4.69, 9.17) is 4.42 Å². The second kappa shape index (κ2) is 2.73. The molecule has 0 spiro atoms. The van der Waals surface area contributed by atoms with Gasteiger partial charge >= 0.3 is 0 Å². The summed E-state index contributed by atoms with van der Waals surface area (Å²) in [6.07, 6.45) is 1.82. The van der Waals surface area contributed by atoms with Crippen molar-refractivity contribution in [3.05, 3.63) is 34.7 Å². The highest BCUT2D eigenvalue weighted by Gasteiger charge is 2.01. The van der Waals surface area contributed by atoms with Crippen LogP contribution in [-0.2, 0) is 0 Å². The fourth-order valence-electron chi connectivity index (χ4n) is 1.37. The van der Waals surface area contributed by atoms with E-state index >= 15 is 0 Å². The molecule has 0 unspecified atom stereocenters. The summed E-state index contributed by atoms with van der Waals surface area (Å²) in [5, 5.41) is 1.49. The molecule has 0 aliphatic rings. The van der Waals surface area contributed by atoms with E-state index in [1.165, 1.54) is 12.1 Å². The summed E-state index contributed by atoms with van der Waals surface area (Å²) >= 11 is 0. The van der Waals surface area contributed by atoms with Crippen molar-refractivity contribution in [1.29, 1.82) is 0 Å². The molecule has 2 heteroatoms. The number of furan rings is 1. The minimum Gasteiger partial charge on any atom is -0.456 e. The van der Waals surface area contributed by atoms with Gasteiger partial charge in [-0.3, -0.25) is 0 Å². The first-order chi connectivity index (χ1) is 6.22. The maximum absolute atomic E-state index is 12.9. The van der Waals surface area contributed by atoms with E-state index in [1.807, 2.05) is 13.0 Å². The third-order valence-electron chi connectivity index (χ3n) is 2.05. The van der Waals surface area contributed by atoms with E-state index in [9.17, 15) is 4.39 Å². The molecule has 66 valence electrons. The Balaban J connectivity index is 3.03. The Morgan fingerprint density at radius 2 is 2.23 bits per heavy atom. The van der Waals surface area contributed by atoms with Crippen LogP contribution in [0.4, 0.5) is 4.39 Å². The molecule has 1 aromatic carbocycles. The maximum atomic E-state index is 12.9. The number of rotatable bonds is 0. The van der Waals surface area contributed by atoms with Gasteiger partial charge in [0.2, 0.25) is 0 Å². The molecule has 0 atom stereocenters. The molecule has 0 amide bonds. The van der Waals surface area contributed by atoms with Gasteiger partial charge in [-0.05, 0) is 31.2 Å². The predicted octanol–water partition coefficient (Wildman–Crippen LogP) is 1.78. The Labute approximate surface area is 74.8 Å². The van der Waals surface area contributed by atoms with Crippen LogP contribution in [0.2, 0.25) is 0 Å². The van der Waals surface area contributed by atoms with Crippen LogP contribution in [0, 0.1) is 5.82 Å². The van der Waals surface area contributed by atoms with Crippen molar-refractivity contribution in [2.24, 2.45) is 0 Å². The molecular formula is C11H9FO. The molecular weight excluding hydrogens is 167 g/mol. The van der Waals surface area contributed by atoms with Gasteiger partial charge in [-0.15, -0.1) is 0 Å². The molecule has 2 rings (SSSR count). The van der Waals surface area contributed by atoms with Gasteiger partial charge in [-0.25, -0.2) is 4.39 Å². The Morgan fingerprint density at radius 3 is 2.92 bits per heavy atom. The zero-order chi connectivity index (χ0) is 9.42. The van der Waals surface area contributed by atoms with Crippen LogP contribution in [0.25, 0.3) is 23.6 Å². The van der Waals surface area contributed by atoms with Crippen molar-refractivity contribution in [1.82, 2.24) is 0 Å². The van der Waals surface area contributed by atoms with Crippen LogP contribution in [-0.4, -0.2) is 0 Å². The van der Waals surface area contributed by atoms with Crippen LogP contribution >= 0.6 is 0 Å². The van der Waals surface area contributed by atoms with Crippen LogP contribution in [0.5, 0.6) is 0 Å². The zero-order valence-electron chi connectivity index (χ0n) is 7.30. The first kappa shape index (κ1) is 8.05. The quantitative estimate of drug-likeness (QED) is 0.596. The third kappa shape index (κ3) is 1.15. The molecule has 1 nitrogen and oxygen atoms in total. The highest BCUT2D eigenvalue weighted by atomic mass is 19.1. The summed E-state index contributed by atoms with van der Waals surface area (Å²) in [7, 11) is 0. The van der Waals surface area contributed by atoms with Crippen molar-refractivity contribution in [3.63, 3.8) is 0 Å². The number of hydrogen-bond acceptors (Lipinski definition) is 1. The monoisotopic (exact) mass is 176 g/mol. The Hall–Kier alpha value is -1.57. The molecule has 0 N–H and O–H groups in total. The van der Waals surface area contributed by atoms with Gasteiger partial charge in [0, 0.05) is 10.6 Å². The van der Waals surface area contributed by atoms with Crippen molar-refractivity contribution < 1.29 is 8.81 Å². The fourth-order valence-corrected chi connectivity index (χ4v) is 1.37. The lowest BCUT2D eigenvalue weighted by Crippen LogP contribution is -2.16. The van der Waals surface area contributed by atoms with Crippen molar-refractivity contribution in [2.75, 3.05) is 0 Å². The first-order valence-electron chi connectivity index (χ1n) is 4.05. The highest BCUT2D eigenvalue weighted by molar-refractivity contribution is 5.78. The SMILES string of the molecule is C=c1/c(=C/C)oc2ccc(F)cc12. The first-order valence-corrected chi connectivity index (χ1v) is 4.05. The van der Waals surface area contributed by atoms with Crippen molar-refractivity contribution in [2.45, 2.75) is 6.92 Å². The minimum absolute atomic E-state index is 0.263. The molecule has 1 aromatic heterocycles. The lowest BCUT2D eigenvalue weighted by atomic mass is 10.2. The number of fused-ring (bicyclic) bond motifs is 1. The lowest BCUT2D eigenvalue weighted by molar-refractivity contribution is 0.573. The smallest absolute Gasteiger partial charge is 0.135 e. The summed E-state index contributed by atoms with van der Waals surface area (Å²) in [5.41, 5.74) is 1.39. The van der Waals surface area contributed by atoms with E-state index in [0.29, 0.717) is 11.0 Å². The number of halogens is 1. The van der Waals surface area contributed by atoms with E-state index in [1.54, 1.807) is 6.07 Å². The average molecular weight is 176 g/mol. The molecule has 0 saturated carbocycles. The molecule has 2 aromatic rings. The maximum Gasteiger partial charge on any atom is 0.135 e. The Morgan fingerprint density at radius 1 is 1.46 bits per heavy atom. The second-order valence-electron chi connectivity index (χ2n) is 2.87. The predicted molar refractivity (Wildman–Crippen MR) is 51.1 cm³/mol. The normalized spacial score (nSPS) is 12.6. The molecule has 0 radical (unpaired) electrons. The third-order valence-corrected chi connectivity index (χ3v) is 2.05. The lowest BCUT2D eigenvalue weighted by Gasteiger charge is -1.86. The largest absolute Gasteiger partial charge is 0.456 e. The van der Waals surface area contributed by atoms with Crippen LogP contribution < -0.4 is 10.6 Å². The number of benzene rings is 1. The average Bonchev–Trinajstić information content (AvgIpc) is 2.44.